The van der Waals surface area contributed by atoms with Crippen molar-refractivity contribution in [3.05, 3.63) is 106 Å². The SMILES string of the molecule is COc1cc2nccc(Oc3ccc(NC(=O)c4cc5c(n(-c6ccccc6)c4=O)CC(C)(C)CC5=O)nc3)c2cc1OC. The van der Waals surface area contributed by atoms with E-state index in [-0.39, 0.29) is 22.6 Å². The molecule has 5 aromatic rings. The highest BCUT2D eigenvalue weighted by molar-refractivity contribution is 6.06. The molecule has 44 heavy (non-hydrogen) atoms. The first-order valence-corrected chi connectivity index (χ1v) is 14.0. The first-order chi connectivity index (χ1) is 21.2. The molecule has 3 heterocycles. The van der Waals surface area contributed by atoms with Crippen LogP contribution in [0.15, 0.2) is 83.9 Å². The smallest absolute Gasteiger partial charge is 0.268 e. The van der Waals surface area contributed by atoms with Gasteiger partial charge in [-0.3, -0.25) is 23.9 Å². The number of rotatable bonds is 7. The topological polar surface area (TPSA) is 122 Å². The van der Waals surface area contributed by atoms with Crippen molar-refractivity contribution >= 4 is 28.4 Å². The average molecular weight is 591 g/mol. The number of carbonyl (C=O) groups excluding carboxylic acids is 2. The number of ether oxygens (including phenoxy) is 3. The summed E-state index contributed by atoms with van der Waals surface area (Å²) >= 11 is 0. The lowest BCUT2D eigenvalue weighted by molar-refractivity contribution is 0.0908. The van der Waals surface area contributed by atoms with E-state index in [1.165, 1.54) is 16.8 Å². The maximum Gasteiger partial charge on any atom is 0.268 e. The highest BCUT2D eigenvalue weighted by Crippen LogP contribution is 2.37. The summed E-state index contributed by atoms with van der Waals surface area (Å²) in [5.74, 6) is 1.47. The number of anilines is 1. The number of aromatic nitrogens is 3. The summed E-state index contributed by atoms with van der Waals surface area (Å²) < 4.78 is 18.4. The first kappa shape index (κ1) is 28.6. The number of para-hydroxylation sites is 1. The van der Waals surface area contributed by atoms with Crippen LogP contribution in [0.1, 0.15) is 46.7 Å². The van der Waals surface area contributed by atoms with E-state index in [1.54, 1.807) is 62.9 Å². The molecule has 2 aromatic carbocycles. The molecule has 6 rings (SSSR count). The molecule has 0 radical (unpaired) electrons. The molecule has 0 saturated heterocycles. The Balaban J connectivity index is 1.29. The molecule has 0 atom stereocenters. The van der Waals surface area contributed by atoms with E-state index in [9.17, 15) is 14.4 Å². The number of carbonyl (C=O) groups is 2. The minimum atomic E-state index is -0.664. The maximum atomic E-state index is 13.8. The third-order valence-corrected chi connectivity index (χ3v) is 7.56. The molecule has 0 bridgehead atoms. The highest BCUT2D eigenvalue weighted by atomic mass is 16.5. The zero-order chi connectivity index (χ0) is 31.0. The van der Waals surface area contributed by atoms with Crippen molar-refractivity contribution < 1.29 is 23.8 Å². The Labute approximate surface area is 253 Å². The average Bonchev–Trinajstić information content (AvgIpc) is 3.01. The Bertz CT molecular complexity index is 1970. The van der Waals surface area contributed by atoms with Gasteiger partial charge in [-0.15, -0.1) is 0 Å². The van der Waals surface area contributed by atoms with Gasteiger partial charge in [0, 0.05) is 41.0 Å². The molecule has 3 aromatic heterocycles. The largest absolute Gasteiger partial charge is 0.493 e. The number of benzene rings is 2. The van der Waals surface area contributed by atoms with E-state index in [0.29, 0.717) is 63.7 Å². The third-order valence-electron chi connectivity index (χ3n) is 7.56. The van der Waals surface area contributed by atoms with E-state index in [4.69, 9.17) is 14.2 Å². The lowest BCUT2D eigenvalue weighted by Crippen LogP contribution is -2.37. The van der Waals surface area contributed by atoms with Gasteiger partial charge in [0.25, 0.3) is 11.5 Å². The van der Waals surface area contributed by atoms with E-state index < -0.39 is 11.5 Å². The molecular formula is C34H30N4O6. The predicted molar refractivity (Wildman–Crippen MR) is 166 cm³/mol. The van der Waals surface area contributed by atoms with Gasteiger partial charge in [-0.1, -0.05) is 32.0 Å². The number of hydrogen-bond acceptors (Lipinski definition) is 8. The lowest BCUT2D eigenvalue weighted by Gasteiger charge is -2.32. The molecule has 10 nitrogen and oxygen atoms in total. The highest BCUT2D eigenvalue weighted by Gasteiger charge is 2.35. The Morgan fingerprint density at radius 1 is 0.886 bits per heavy atom. The molecule has 0 unspecified atom stereocenters. The van der Waals surface area contributed by atoms with Gasteiger partial charge in [0.05, 0.1) is 25.9 Å². The second-order valence-electron chi connectivity index (χ2n) is 11.3. The van der Waals surface area contributed by atoms with E-state index in [0.717, 1.165) is 0 Å². The number of amides is 1. The van der Waals surface area contributed by atoms with Gasteiger partial charge in [0.2, 0.25) is 0 Å². The number of nitrogens with zero attached hydrogens (tertiary/aromatic N) is 3. The summed E-state index contributed by atoms with van der Waals surface area (Å²) in [7, 11) is 3.11. The zero-order valence-electron chi connectivity index (χ0n) is 24.7. The molecule has 10 heteroatoms. The van der Waals surface area contributed by atoms with Crippen molar-refractivity contribution in [2.75, 3.05) is 19.5 Å². The monoisotopic (exact) mass is 590 g/mol. The number of nitrogens with one attached hydrogen (secondary N) is 1. The van der Waals surface area contributed by atoms with Crippen molar-refractivity contribution in [1.82, 2.24) is 14.5 Å². The van der Waals surface area contributed by atoms with E-state index >= 15 is 0 Å². The van der Waals surface area contributed by atoms with Crippen LogP contribution in [0.2, 0.25) is 0 Å². The van der Waals surface area contributed by atoms with E-state index in [1.807, 2.05) is 32.0 Å². The van der Waals surface area contributed by atoms with Crippen molar-refractivity contribution in [3.63, 3.8) is 0 Å². The Morgan fingerprint density at radius 2 is 1.64 bits per heavy atom. The molecule has 0 saturated carbocycles. The van der Waals surface area contributed by atoms with Crippen LogP contribution in [0.25, 0.3) is 16.6 Å². The summed E-state index contributed by atoms with van der Waals surface area (Å²) in [4.78, 5) is 49.1. The predicted octanol–water partition coefficient (Wildman–Crippen LogP) is 6.00. The first-order valence-electron chi connectivity index (χ1n) is 14.0. The third kappa shape index (κ3) is 5.37. The van der Waals surface area contributed by atoms with E-state index in [2.05, 4.69) is 15.3 Å². The fourth-order valence-corrected chi connectivity index (χ4v) is 5.49. The number of fused-ring (bicyclic) bond motifs is 2. The number of pyridine rings is 3. The number of methoxy groups -OCH3 is 2. The minimum Gasteiger partial charge on any atom is -0.493 e. The molecule has 1 aliphatic carbocycles. The number of ketones is 1. The fourth-order valence-electron chi connectivity index (χ4n) is 5.49. The maximum absolute atomic E-state index is 13.8. The van der Waals surface area contributed by atoms with Crippen molar-refractivity contribution in [2.45, 2.75) is 26.7 Å². The van der Waals surface area contributed by atoms with Gasteiger partial charge in [0.1, 0.15) is 22.9 Å². The van der Waals surface area contributed by atoms with Crippen LogP contribution in [0.3, 0.4) is 0 Å². The van der Waals surface area contributed by atoms with Crippen LogP contribution in [0.4, 0.5) is 5.82 Å². The number of hydrogen-bond donors (Lipinski definition) is 1. The Hall–Kier alpha value is -5.51. The second-order valence-corrected chi connectivity index (χ2v) is 11.3. The summed E-state index contributed by atoms with van der Waals surface area (Å²) in [6.07, 6.45) is 3.93. The van der Waals surface area contributed by atoms with Crippen LogP contribution < -0.4 is 25.1 Å². The standard InChI is InChI=1S/C34H30N4O6/c1-34(2)17-26-23(27(39)18-34)14-24(33(41)38(26)20-8-6-5-7-9-20)32(40)37-31-11-10-21(19-36-31)44-28-12-13-35-25-16-30(43-4)29(42-3)15-22(25)28/h5-16,19H,17-18H2,1-4H3,(H,36,37,40). The van der Waals surface area contributed by atoms with Crippen molar-refractivity contribution in [2.24, 2.45) is 5.41 Å². The lowest BCUT2D eigenvalue weighted by atomic mass is 9.75. The van der Waals surface area contributed by atoms with Crippen molar-refractivity contribution in [3.8, 4) is 28.7 Å². The molecule has 1 aliphatic rings. The summed E-state index contributed by atoms with van der Waals surface area (Å²) in [5.41, 5.74) is 1.28. The van der Waals surface area contributed by atoms with Crippen LogP contribution in [-0.4, -0.2) is 40.4 Å². The van der Waals surface area contributed by atoms with Crippen LogP contribution >= 0.6 is 0 Å². The zero-order valence-corrected chi connectivity index (χ0v) is 24.7. The molecule has 1 amide bonds. The molecule has 1 N–H and O–H groups in total. The summed E-state index contributed by atoms with van der Waals surface area (Å²) in [6.45, 7) is 4.00. The normalized spacial score (nSPS) is 13.7. The molecule has 0 aliphatic heterocycles. The Kier molecular flexibility index (Phi) is 7.34. The van der Waals surface area contributed by atoms with Crippen molar-refractivity contribution in [1.29, 1.82) is 0 Å². The van der Waals surface area contributed by atoms with Gasteiger partial charge >= 0.3 is 0 Å². The minimum absolute atomic E-state index is 0.102. The van der Waals surface area contributed by atoms with Gasteiger partial charge in [-0.05, 0) is 54.3 Å². The van der Waals surface area contributed by atoms with Crippen LogP contribution in [-0.2, 0) is 6.42 Å². The van der Waals surface area contributed by atoms with Gasteiger partial charge in [-0.25, -0.2) is 4.98 Å². The van der Waals surface area contributed by atoms with Gasteiger partial charge in [0.15, 0.2) is 17.3 Å². The molecule has 0 spiro atoms. The van der Waals surface area contributed by atoms with Gasteiger partial charge in [-0.2, -0.15) is 0 Å². The Morgan fingerprint density at radius 3 is 2.34 bits per heavy atom. The summed E-state index contributed by atoms with van der Waals surface area (Å²) in [6, 6.07) is 18.9. The molecule has 222 valence electrons. The molecule has 0 fully saturated rings. The summed E-state index contributed by atoms with van der Waals surface area (Å²) in [5, 5.41) is 3.40. The number of Topliss-reactive ketones (excluding diaryl/α,β-unsaturated/α-hetero) is 1. The fraction of sp³-hybridized carbons (Fsp3) is 0.206. The van der Waals surface area contributed by atoms with Crippen LogP contribution in [0, 0.1) is 5.41 Å². The second kappa shape index (κ2) is 11.3. The molecular weight excluding hydrogens is 560 g/mol. The van der Waals surface area contributed by atoms with Gasteiger partial charge < -0.3 is 19.5 Å². The van der Waals surface area contributed by atoms with Crippen LogP contribution in [0.5, 0.6) is 23.0 Å². The quantitative estimate of drug-likeness (QED) is 0.245.